The summed E-state index contributed by atoms with van der Waals surface area (Å²) in [6.07, 6.45) is -3.77. The number of ether oxygens (including phenoxy) is 1. The van der Waals surface area contributed by atoms with E-state index >= 15 is 0 Å². The van der Waals surface area contributed by atoms with Gasteiger partial charge in [-0.05, 0) is 58.0 Å². The molecule has 2 aromatic heterocycles. The zero-order valence-electron chi connectivity index (χ0n) is 27.4. The van der Waals surface area contributed by atoms with Crippen LogP contribution in [0.3, 0.4) is 0 Å². The molecule has 1 aliphatic heterocycles. The number of halogens is 3. The van der Waals surface area contributed by atoms with E-state index in [1.165, 1.54) is 16.5 Å². The number of imidazole rings is 1. The fraction of sp³-hybridized carbons (Fsp3) is 0.710. The second kappa shape index (κ2) is 12.6. The van der Waals surface area contributed by atoms with Crippen molar-refractivity contribution in [3.63, 3.8) is 0 Å². The van der Waals surface area contributed by atoms with Gasteiger partial charge < -0.3 is 34.8 Å². The van der Waals surface area contributed by atoms with Crippen molar-refractivity contribution in [1.82, 2.24) is 29.7 Å². The number of rotatable bonds is 10. The van der Waals surface area contributed by atoms with Crippen LogP contribution in [-0.4, -0.2) is 106 Å². The number of anilines is 2. The minimum atomic E-state index is -5.27. The van der Waals surface area contributed by atoms with E-state index in [1.807, 2.05) is 14.1 Å². The highest BCUT2D eigenvalue weighted by Gasteiger charge is 2.56. The highest BCUT2D eigenvalue weighted by molar-refractivity contribution is 5.85. The van der Waals surface area contributed by atoms with Gasteiger partial charge in [0.25, 0.3) is 0 Å². The molecule has 254 valence electrons. The molecule has 3 fully saturated rings. The quantitative estimate of drug-likeness (QED) is 0.260. The third-order valence-corrected chi connectivity index (χ3v) is 9.85. The lowest BCUT2D eigenvalue weighted by Crippen LogP contribution is -2.45. The molecular formula is C31H45F3N8O4. The Balaban J connectivity index is 1.53. The van der Waals surface area contributed by atoms with E-state index in [-0.39, 0.29) is 24.3 Å². The monoisotopic (exact) mass is 650 g/mol. The van der Waals surface area contributed by atoms with Gasteiger partial charge in [-0.3, -0.25) is 4.79 Å². The molecule has 7 atom stereocenters. The van der Waals surface area contributed by atoms with Crippen LogP contribution in [0.2, 0.25) is 0 Å². The second-order valence-corrected chi connectivity index (χ2v) is 13.8. The van der Waals surface area contributed by atoms with Crippen LogP contribution in [0.15, 0.2) is 18.0 Å². The molecule has 0 radical (unpaired) electrons. The molecule has 3 N–H and O–H groups in total. The number of aliphatic hydroxyl groups is 1. The van der Waals surface area contributed by atoms with Crippen molar-refractivity contribution in [3.8, 4) is 0 Å². The van der Waals surface area contributed by atoms with Gasteiger partial charge in [-0.1, -0.05) is 32.4 Å². The van der Waals surface area contributed by atoms with Crippen LogP contribution < -0.4 is 15.5 Å². The lowest BCUT2D eigenvalue weighted by Gasteiger charge is -2.25. The van der Waals surface area contributed by atoms with E-state index in [1.54, 1.807) is 6.92 Å². The number of hydrogen-bond acceptors (Lipinski definition) is 10. The average Bonchev–Trinajstić information content (AvgIpc) is 3.49. The van der Waals surface area contributed by atoms with E-state index < -0.39 is 42.3 Å². The zero-order chi connectivity index (χ0) is 33.7. The van der Waals surface area contributed by atoms with Gasteiger partial charge in [-0.15, -0.1) is 0 Å². The highest BCUT2D eigenvalue weighted by atomic mass is 19.4. The number of carbonyl (C=O) groups is 2. The Bertz CT molecular complexity index is 1490. The van der Waals surface area contributed by atoms with Gasteiger partial charge >= 0.3 is 12.1 Å². The molecule has 2 aliphatic carbocycles. The number of fused-ring (bicyclic) bond motifs is 1. The van der Waals surface area contributed by atoms with Crippen molar-refractivity contribution in [1.29, 1.82) is 0 Å². The summed E-state index contributed by atoms with van der Waals surface area (Å²) >= 11 is 0. The molecule has 5 rings (SSSR count). The fourth-order valence-corrected chi connectivity index (χ4v) is 6.88. The number of nitrogens with zero attached hydrogens (tertiary/aromatic N) is 6. The summed E-state index contributed by atoms with van der Waals surface area (Å²) in [7, 11) is 4.03. The van der Waals surface area contributed by atoms with Crippen molar-refractivity contribution < 1.29 is 32.6 Å². The van der Waals surface area contributed by atoms with Crippen molar-refractivity contribution in [2.75, 3.05) is 43.9 Å². The van der Waals surface area contributed by atoms with E-state index in [2.05, 4.69) is 59.2 Å². The maximum Gasteiger partial charge on any atom is 0.490 e. The maximum atomic E-state index is 13.3. The third-order valence-electron chi connectivity index (χ3n) is 9.85. The smallest absolute Gasteiger partial charge is 0.451 e. The van der Waals surface area contributed by atoms with Crippen molar-refractivity contribution in [2.24, 2.45) is 17.3 Å². The van der Waals surface area contributed by atoms with E-state index in [4.69, 9.17) is 14.7 Å². The molecule has 1 amide bonds. The minimum absolute atomic E-state index is 0.0106. The van der Waals surface area contributed by atoms with Gasteiger partial charge in [0.2, 0.25) is 11.9 Å². The molecule has 3 heterocycles. The average molecular weight is 651 g/mol. The van der Waals surface area contributed by atoms with Crippen molar-refractivity contribution >= 4 is 34.8 Å². The van der Waals surface area contributed by atoms with Crippen LogP contribution in [-0.2, 0) is 14.3 Å². The van der Waals surface area contributed by atoms with Crippen molar-refractivity contribution in [2.45, 2.75) is 90.4 Å². The minimum Gasteiger partial charge on any atom is -0.451 e. The number of esters is 1. The molecule has 0 unspecified atom stereocenters. The lowest BCUT2D eigenvalue weighted by atomic mass is 10.1. The summed E-state index contributed by atoms with van der Waals surface area (Å²) in [6, 6.07) is -1.67. The van der Waals surface area contributed by atoms with Crippen LogP contribution in [0.4, 0.5) is 24.9 Å². The molecule has 3 aliphatic rings. The Hall–Kier alpha value is -3.46. The zero-order valence-corrected chi connectivity index (χ0v) is 27.4. The molecule has 0 spiro atoms. The SMILES string of the molecule is CCC(=O)N[C@H]1C[C@@H](n2cnc3c(NC[C@@H]4[C@H](C=C(C)C)C4(C)C)nc(N4CC[C@@H](N(C)C)C4)nc32)[C@H](OC(=O)C(F)(F)F)[C@@H]1O. The van der Waals surface area contributed by atoms with Gasteiger partial charge in [0.1, 0.15) is 6.10 Å². The van der Waals surface area contributed by atoms with E-state index in [9.17, 15) is 27.9 Å². The number of carbonyl (C=O) groups excluding carboxylic acids is 2. The highest BCUT2D eigenvalue weighted by Crippen LogP contribution is 2.59. The van der Waals surface area contributed by atoms with Crippen LogP contribution in [0.1, 0.15) is 59.9 Å². The number of aromatic nitrogens is 4. The van der Waals surface area contributed by atoms with E-state index in [0.29, 0.717) is 54.4 Å². The summed E-state index contributed by atoms with van der Waals surface area (Å²) in [5.41, 5.74) is 2.08. The van der Waals surface area contributed by atoms with Crippen LogP contribution >= 0.6 is 0 Å². The Morgan fingerprint density at radius 3 is 2.57 bits per heavy atom. The molecule has 12 nitrogen and oxygen atoms in total. The number of alkyl halides is 3. The predicted octanol–water partition coefficient (Wildman–Crippen LogP) is 3.29. The number of likely N-dealkylation sites (N-methyl/N-ethyl adjacent to an activating group) is 1. The Morgan fingerprint density at radius 1 is 1.24 bits per heavy atom. The first kappa shape index (κ1) is 33.9. The fourth-order valence-electron chi connectivity index (χ4n) is 6.88. The standard InChI is InChI=1S/C31H45F3N8O4/c1-8-22(43)37-20-12-21(25(24(20)44)46-28(45)31(32,33)34)42-15-36-23-26(35-13-19-18(11-16(2)3)30(19,4)5)38-29(39-27(23)42)41-10-9-17(14-41)40(6)7/h11,15,17-21,24-25,44H,8-10,12-14H2,1-7H3,(H,37,43)(H,35,38,39)/t17-,18+,19-,20+,21-,24-,25+/m1/s1. The van der Waals surface area contributed by atoms with Gasteiger partial charge in [0.05, 0.1) is 18.4 Å². The van der Waals surface area contributed by atoms with Gasteiger partial charge in [0.15, 0.2) is 23.1 Å². The summed E-state index contributed by atoms with van der Waals surface area (Å²) < 4.78 is 46.3. The predicted molar refractivity (Wildman–Crippen MR) is 166 cm³/mol. The number of aliphatic hydroxyl groups excluding tert-OH is 1. The molecule has 1 saturated heterocycles. The largest absolute Gasteiger partial charge is 0.490 e. The Labute approximate surface area is 266 Å². The summed E-state index contributed by atoms with van der Waals surface area (Å²) in [6.45, 7) is 12.3. The van der Waals surface area contributed by atoms with Crippen molar-refractivity contribution in [3.05, 3.63) is 18.0 Å². The van der Waals surface area contributed by atoms with E-state index in [0.717, 1.165) is 6.42 Å². The molecule has 46 heavy (non-hydrogen) atoms. The molecule has 15 heteroatoms. The molecule has 2 aromatic rings. The Morgan fingerprint density at radius 2 is 1.96 bits per heavy atom. The van der Waals surface area contributed by atoms with Gasteiger partial charge in [-0.2, -0.15) is 23.1 Å². The molecule has 0 bridgehead atoms. The first-order valence-electron chi connectivity index (χ1n) is 15.8. The summed E-state index contributed by atoms with van der Waals surface area (Å²) in [4.78, 5) is 42.7. The lowest BCUT2D eigenvalue weighted by molar-refractivity contribution is -0.209. The topological polar surface area (TPSA) is 138 Å². The summed E-state index contributed by atoms with van der Waals surface area (Å²) in [5.74, 6) is -1.13. The third kappa shape index (κ3) is 6.66. The Kier molecular flexibility index (Phi) is 9.30. The first-order valence-corrected chi connectivity index (χ1v) is 15.8. The van der Waals surface area contributed by atoms with Crippen LogP contribution in [0, 0.1) is 17.3 Å². The molecule has 2 saturated carbocycles. The number of hydrogen-bond donors (Lipinski definition) is 3. The van der Waals surface area contributed by atoms with Gasteiger partial charge in [-0.25, -0.2) is 9.78 Å². The number of allylic oxidation sites excluding steroid dienone is 2. The maximum absolute atomic E-state index is 13.3. The first-order chi connectivity index (χ1) is 21.5. The number of amides is 1. The molecule has 0 aromatic carbocycles. The molecular weight excluding hydrogens is 605 g/mol. The van der Waals surface area contributed by atoms with Crippen LogP contribution in [0.25, 0.3) is 11.2 Å². The van der Waals surface area contributed by atoms with Crippen LogP contribution in [0.5, 0.6) is 0 Å². The summed E-state index contributed by atoms with van der Waals surface area (Å²) in [5, 5.41) is 17.2. The number of nitrogens with one attached hydrogen (secondary N) is 2. The van der Waals surface area contributed by atoms with Gasteiger partial charge in [0, 0.05) is 32.1 Å². The normalized spacial score (nSPS) is 28.9. The second-order valence-electron chi connectivity index (χ2n) is 13.8.